The zero-order valence-corrected chi connectivity index (χ0v) is 11.1. The lowest BCUT2D eigenvalue weighted by Crippen LogP contribution is -2.44. The fraction of sp³-hybridized carbons (Fsp3) is 0.286. The van der Waals surface area contributed by atoms with Crippen molar-refractivity contribution < 1.29 is 4.52 Å². The molecule has 0 atom stereocenters. The highest BCUT2D eigenvalue weighted by Gasteiger charge is 2.39. The van der Waals surface area contributed by atoms with Crippen LogP contribution in [0.15, 0.2) is 34.2 Å². The van der Waals surface area contributed by atoms with E-state index in [0.29, 0.717) is 11.7 Å². The molecule has 2 heterocycles. The molecule has 4 nitrogen and oxygen atoms in total. The number of hydrogen-bond acceptors (Lipinski definition) is 5. The number of thiophene rings is 1. The van der Waals surface area contributed by atoms with Crippen molar-refractivity contribution in [1.82, 2.24) is 10.1 Å². The molecular weight excluding hydrogens is 258 g/mol. The standard InChI is InChI=1S/C14H13N3OS/c15-14(5-1-6-14)13-16-12(18-17-13)10-2-3-11-9(8-10)4-7-19-11/h2-4,7-8H,1,5-6,15H2. The minimum Gasteiger partial charge on any atom is -0.334 e. The van der Waals surface area contributed by atoms with Crippen LogP contribution >= 0.6 is 11.3 Å². The predicted octanol–water partition coefficient (Wildman–Crippen LogP) is 3.29. The number of hydrogen-bond donors (Lipinski definition) is 1. The quantitative estimate of drug-likeness (QED) is 0.776. The summed E-state index contributed by atoms with van der Waals surface area (Å²) in [6, 6.07) is 8.27. The molecule has 1 aliphatic carbocycles. The Kier molecular flexibility index (Phi) is 2.28. The molecule has 0 spiro atoms. The van der Waals surface area contributed by atoms with Gasteiger partial charge in [0, 0.05) is 10.3 Å². The third-order valence-corrected chi connectivity index (χ3v) is 4.71. The molecule has 1 aliphatic rings. The summed E-state index contributed by atoms with van der Waals surface area (Å²) in [6.07, 6.45) is 3.02. The first-order chi connectivity index (χ1) is 9.24. The van der Waals surface area contributed by atoms with Crippen molar-refractivity contribution in [3.63, 3.8) is 0 Å². The molecule has 19 heavy (non-hydrogen) atoms. The van der Waals surface area contributed by atoms with Crippen molar-refractivity contribution in [2.24, 2.45) is 5.73 Å². The van der Waals surface area contributed by atoms with Gasteiger partial charge in [-0.1, -0.05) is 5.16 Å². The molecule has 2 aromatic heterocycles. The molecule has 0 aliphatic heterocycles. The molecule has 1 fully saturated rings. The summed E-state index contributed by atoms with van der Waals surface area (Å²) in [5.41, 5.74) is 6.79. The molecule has 0 amide bonds. The SMILES string of the molecule is NC1(c2noc(-c3ccc4sccc4c3)n2)CCC1. The monoisotopic (exact) mass is 271 g/mol. The lowest BCUT2D eigenvalue weighted by molar-refractivity contribution is 0.229. The van der Waals surface area contributed by atoms with E-state index in [2.05, 4.69) is 33.7 Å². The summed E-state index contributed by atoms with van der Waals surface area (Å²) in [4.78, 5) is 4.47. The van der Waals surface area contributed by atoms with Crippen LogP contribution in [0.25, 0.3) is 21.5 Å². The number of benzene rings is 1. The molecular formula is C14H13N3OS. The molecule has 96 valence electrons. The number of nitrogens with zero attached hydrogens (tertiary/aromatic N) is 2. The highest BCUT2D eigenvalue weighted by Crippen LogP contribution is 2.37. The first-order valence-electron chi connectivity index (χ1n) is 6.35. The summed E-state index contributed by atoms with van der Waals surface area (Å²) in [7, 11) is 0. The molecule has 0 bridgehead atoms. The second kappa shape index (κ2) is 3.88. The predicted molar refractivity (Wildman–Crippen MR) is 74.8 cm³/mol. The van der Waals surface area contributed by atoms with E-state index in [1.165, 1.54) is 10.1 Å². The van der Waals surface area contributed by atoms with Crippen LogP contribution in [0.2, 0.25) is 0 Å². The fourth-order valence-corrected chi connectivity index (χ4v) is 3.19. The minimum absolute atomic E-state index is 0.367. The van der Waals surface area contributed by atoms with Crippen LogP contribution in [0.1, 0.15) is 25.1 Å². The summed E-state index contributed by atoms with van der Waals surface area (Å²) >= 11 is 1.73. The van der Waals surface area contributed by atoms with Crippen molar-refractivity contribution in [3.8, 4) is 11.5 Å². The molecule has 0 unspecified atom stereocenters. The average Bonchev–Trinajstić information content (AvgIpc) is 3.03. The van der Waals surface area contributed by atoms with Crippen LogP contribution in [0.5, 0.6) is 0 Å². The third kappa shape index (κ3) is 1.69. The Bertz CT molecular complexity index is 742. The van der Waals surface area contributed by atoms with Crippen molar-refractivity contribution in [2.75, 3.05) is 0 Å². The van der Waals surface area contributed by atoms with E-state index in [1.54, 1.807) is 11.3 Å². The Morgan fingerprint density at radius 2 is 2.16 bits per heavy atom. The Morgan fingerprint density at radius 3 is 2.95 bits per heavy atom. The van der Waals surface area contributed by atoms with Crippen molar-refractivity contribution in [1.29, 1.82) is 0 Å². The van der Waals surface area contributed by atoms with Gasteiger partial charge in [-0.15, -0.1) is 11.3 Å². The second-order valence-electron chi connectivity index (χ2n) is 5.11. The van der Waals surface area contributed by atoms with Gasteiger partial charge in [-0.2, -0.15) is 4.98 Å². The van der Waals surface area contributed by atoms with Gasteiger partial charge in [0.1, 0.15) is 0 Å². The van der Waals surface area contributed by atoms with E-state index < -0.39 is 0 Å². The highest BCUT2D eigenvalue weighted by atomic mass is 32.1. The van der Waals surface area contributed by atoms with Gasteiger partial charge in [0.15, 0.2) is 5.82 Å². The van der Waals surface area contributed by atoms with Gasteiger partial charge < -0.3 is 10.3 Å². The Labute approximate surface area is 114 Å². The molecule has 5 heteroatoms. The van der Waals surface area contributed by atoms with Crippen molar-refractivity contribution >= 4 is 21.4 Å². The summed E-state index contributed by atoms with van der Waals surface area (Å²) in [5, 5.41) is 7.33. The molecule has 0 saturated heterocycles. The maximum Gasteiger partial charge on any atom is 0.258 e. The lowest BCUT2D eigenvalue weighted by atomic mass is 9.77. The Hall–Kier alpha value is -1.72. The van der Waals surface area contributed by atoms with Gasteiger partial charge in [-0.3, -0.25) is 0 Å². The topological polar surface area (TPSA) is 64.9 Å². The van der Waals surface area contributed by atoms with E-state index in [4.69, 9.17) is 10.3 Å². The smallest absolute Gasteiger partial charge is 0.258 e. The van der Waals surface area contributed by atoms with Gasteiger partial charge >= 0.3 is 0 Å². The largest absolute Gasteiger partial charge is 0.334 e. The zero-order valence-electron chi connectivity index (χ0n) is 10.3. The molecule has 3 aromatic rings. The fourth-order valence-electron chi connectivity index (χ4n) is 2.42. The van der Waals surface area contributed by atoms with Crippen LogP contribution in [-0.2, 0) is 5.54 Å². The van der Waals surface area contributed by atoms with Gasteiger partial charge in [-0.05, 0) is 54.3 Å². The van der Waals surface area contributed by atoms with Crippen LogP contribution in [0, 0.1) is 0 Å². The Balaban J connectivity index is 1.75. The lowest BCUT2D eigenvalue weighted by Gasteiger charge is -2.34. The molecule has 1 saturated carbocycles. The maximum atomic E-state index is 6.21. The normalized spacial score (nSPS) is 17.5. The summed E-state index contributed by atoms with van der Waals surface area (Å²) < 4.78 is 6.62. The van der Waals surface area contributed by atoms with E-state index in [0.717, 1.165) is 24.8 Å². The zero-order chi connectivity index (χ0) is 12.9. The second-order valence-corrected chi connectivity index (χ2v) is 6.05. The number of rotatable bonds is 2. The third-order valence-electron chi connectivity index (χ3n) is 3.82. The molecule has 1 aromatic carbocycles. The molecule has 4 rings (SSSR count). The van der Waals surface area contributed by atoms with Crippen molar-refractivity contribution in [2.45, 2.75) is 24.8 Å². The van der Waals surface area contributed by atoms with Crippen LogP contribution in [-0.4, -0.2) is 10.1 Å². The van der Waals surface area contributed by atoms with E-state index in [9.17, 15) is 0 Å². The van der Waals surface area contributed by atoms with Gasteiger partial charge in [0.05, 0.1) is 5.54 Å². The van der Waals surface area contributed by atoms with Gasteiger partial charge in [-0.25, -0.2) is 0 Å². The molecule has 2 N–H and O–H groups in total. The van der Waals surface area contributed by atoms with Crippen molar-refractivity contribution in [3.05, 3.63) is 35.5 Å². The Morgan fingerprint density at radius 1 is 1.26 bits per heavy atom. The average molecular weight is 271 g/mol. The number of nitrogens with two attached hydrogens (primary N) is 1. The minimum atomic E-state index is -0.367. The van der Waals surface area contributed by atoms with Gasteiger partial charge in [0.2, 0.25) is 0 Å². The van der Waals surface area contributed by atoms with E-state index in [1.807, 2.05) is 6.07 Å². The summed E-state index contributed by atoms with van der Waals surface area (Å²) in [6.45, 7) is 0. The first-order valence-corrected chi connectivity index (χ1v) is 7.23. The highest BCUT2D eigenvalue weighted by molar-refractivity contribution is 7.17. The van der Waals surface area contributed by atoms with Gasteiger partial charge in [0.25, 0.3) is 5.89 Å². The van der Waals surface area contributed by atoms with Crippen LogP contribution in [0.4, 0.5) is 0 Å². The molecule has 0 radical (unpaired) electrons. The van der Waals surface area contributed by atoms with Crippen LogP contribution < -0.4 is 5.73 Å². The van der Waals surface area contributed by atoms with Crippen LogP contribution in [0.3, 0.4) is 0 Å². The number of fused-ring (bicyclic) bond motifs is 1. The number of aromatic nitrogens is 2. The van der Waals surface area contributed by atoms with E-state index in [-0.39, 0.29) is 5.54 Å². The maximum absolute atomic E-state index is 6.21. The summed E-state index contributed by atoms with van der Waals surface area (Å²) in [5.74, 6) is 1.19. The van der Waals surface area contributed by atoms with E-state index >= 15 is 0 Å². The first kappa shape index (κ1) is 11.1.